The van der Waals surface area contributed by atoms with Crippen LogP contribution in [-0.4, -0.2) is 30.0 Å². The van der Waals surface area contributed by atoms with Crippen molar-refractivity contribution >= 4 is 11.6 Å². The van der Waals surface area contributed by atoms with E-state index in [1.165, 1.54) is 6.42 Å². The van der Waals surface area contributed by atoms with E-state index in [9.17, 15) is 4.79 Å². The summed E-state index contributed by atoms with van der Waals surface area (Å²) >= 11 is 0. The van der Waals surface area contributed by atoms with Crippen molar-refractivity contribution in [3.05, 3.63) is 23.8 Å². The Morgan fingerprint density at radius 2 is 2.17 bits per heavy atom. The molecule has 1 aliphatic heterocycles. The highest BCUT2D eigenvalue weighted by Crippen LogP contribution is 2.24. The van der Waals surface area contributed by atoms with E-state index in [2.05, 4.69) is 20.8 Å². The number of piperidine rings is 1. The zero-order valence-corrected chi connectivity index (χ0v) is 14.7. The minimum Gasteiger partial charge on any atom is -0.491 e. The van der Waals surface area contributed by atoms with E-state index in [0.29, 0.717) is 30.7 Å². The van der Waals surface area contributed by atoms with Gasteiger partial charge in [0.2, 0.25) is 5.91 Å². The summed E-state index contributed by atoms with van der Waals surface area (Å²) < 4.78 is 5.69. The van der Waals surface area contributed by atoms with Gasteiger partial charge in [-0.25, -0.2) is 0 Å². The van der Waals surface area contributed by atoms with Crippen molar-refractivity contribution in [1.82, 2.24) is 4.90 Å². The lowest BCUT2D eigenvalue weighted by atomic mass is 10.0. The molecule has 0 saturated carbocycles. The zero-order chi connectivity index (χ0) is 16.8. The summed E-state index contributed by atoms with van der Waals surface area (Å²) in [4.78, 5) is 14.4. The molecule has 1 fully saturated rings. The third kappa shape index (κ3) is 5.15. The predicted octanol–water partition coefficient (Wildman–Crippen LogP) is 3.64. The standard InChI is InChI=1S/C19H30N2O2/c1-14(2)13-23-18-9-7-16(12-17(18)20)8-10-19(22)21-11-5-4-6-15(21)3/h7,9,12,14-15H,4-6,8,10-11,13,20H2,1-3H3. The van der Waals surface area contributed by atoms with E-state index in [0.717, 1.165) is 37.1 Å². The van der Waals surface area contributed by atoms with Crippen LogP contribution in [0.15, 0.2) is 18.2 Å². The number of likely N-dealkylation sites (tertiary alicyclic amines) is 1. The molecular formula is C19H30N2O2. The highest BCUT2D eigenvalue weighted by atomic mass is 16.5. The summed E-state index contributed by atoms with van der Waals surface area (Å²) in [5, 5.41) is 0. The average Bonchev–Trinajstić information content (AvgIpc) is 2.52. The van der Waals surface area contributed by atoms with Crippen LogP contribution in [0.5, 0.6) is 5.75 Å². The largest absolute Gasteiger partial charge is 0.491 e. The number of rotatable bonds is 6. The Kier molecular flexibility index (Phi) is 6.31. The van der Waals surface area contributed by atoms with Crippen LogP contribution in [0.25, 0.3) is 0 Å². The number of hydrogen-bond donors (Lipinski definition) is 1. The van der Waals surface area contributed by atoms with E-state index >= 15 is 0 Å². The van der Waals surface area contributed by atoms with Gasteiger partial charge in [-0.05, 0) is 56.2 Å². The van der Waals surface area contributed by atoms with Crippen molar-refractivity contribution in [2.24, 2.45) is 5.92 Å². The fraction of sp³-hybridized carbons (Fsp3) is 0.632. The number of nitrogen functional groups attached to an aromatic ring is 1. The summed E-state index contributed by atoms with van der Waals surface area (Å²) in [6.45, 7) is 7.93. The Balaban J connectivity index is 1.88. The average molecular weight is 318 g/mol. The molecule has 1 amide bonds. The van der Waals surface area contributed by atoms with Gasteiger partial charge in [0.05, 0.1) is 12.3 Å². The van der Waals surface area contributed by atoms with E-state index in [-0.39, 0.29) is 5.91 Å². The molecule has 128 valence electrons. The number of carbonyl (C=O) groups is 1. The van der Waals surface area contributed by atoms with Crippen LogP contribution in [0.3, 0.4) is 0 Å². The molecule has 1 atom stereocenters. The van der Waals surface area contributed by atoms with Gasteiger partial charge in [0.15, 0.2) is 0 Å². The predicted molar refractivity (Wildman–Crippen MR) is 94.5 cm³/mol. The first-order valence-electron chi connectivity index (χ1n) is 8.78. The fourth-order valence-corrected chi connectivity index (χ4v) is 3.00. The summed E-state index contributed by atoms with van der Waals surface area (Å²) in [5.74, 6) is 1.47. The molecule has 1 unspecified atom stereocenters. The quantitative estimate of drug-likeness (QED) is 0.815. The van der Waals surface area contributed by atoms with Crippen LogP contribution in [0, 0.1) is 5.92 Å². The molecule has 1 saturated heterocycles. The molecule has 0 aromatic heterocycles. The number of nitrogens with zero attached hydrogens (tertiary/aromatic N) is 1. The Morgan fingerprint density at radius 1 is 1.39 bits per heavy atom. The SMILES string of the molecule is CC(C)COc1ccc(CCC(=O)N2CCCCC2C)cc1N. The fourth-order valence-electron chi connectivity index (χ4n) is 3.00. The maximum Gasteiger partial charge on any atom is 0.223 e. The lowest BCUT2D eigenvalue weighted by Gasteiger charge is -2.33. The summed E-state index contributed by atoms with van der Waals surface area (Å²) in [7, 11) is 0. The summed E-state index contributed by atoms with van der Waals surface area (Å²) in [6, 6.07) is 6.25. The molecule has 23 heavy (non-hydrogen) atoms. The second-order valence-corrected chi connectivity index (χ2v) is 7.01. The number of aryl methyl sites for hydroxylation is 1. The molecule has 4 heteroatoms. The van der Waals surface area contributed by atoms with E-state index in [1.54, 1.807) is 0 Å². The monoisotopic (exact) mass is 318 g/mol. The lowest BCUT2D eigenvalue weighted by molar-refractivity contribution is -0.134. The Labute approximate surface area is 140 Å². The highest BCUT2D eigenvalue weighted by Gasteiger charge is 2.22. The number of anilines is 1. The number of hydrogen-bond acceptors (Lipinski definition) is 3. The Bertz CT molecular complexity index is 528. The smallest absolute Gasteiger partial charge is 0.223 e. The molecular weight excluding hydrogens is 288 g/mol. The topological polar surface area (TPSA) is 55.6 Å². The molecule has 0 aliphatic carbocycles. The first-order valence-corrected chi connectivity index (χ1v) is 8.78. The molecule has 1 aromatic carbocycles. The number of carbonyl (C=O) groups excluding carboxylic acids is 1. The summed E-state index contributed by atoms with van der Waals surface area (Å²) in [6.07, 6.45) is 4.78. The molecule has 4 nitrogen and oxygen atoms in total. The van der Waals surface area contributed by atoms with Gasteiger partial charge < -0.3 is 15.4 Å². The van der Waals surface area contributed by atoms with Crippen molar-refractivity contribution in [3.8, 4) is 5.75 Å². The minimum atomic E-state index is 0.260. The second kappa shape index (κ2) is 8.23. The van der Waals surface area contributed by atoms with Crippen molar-refractivity contribution in [2.75, 3.05) is 18.9 Å². The third-order valence-corrected chi connectivity index (χ3v) is 4.40. The first-order chi connectivity index (χ1) is 11.0. The van der Waals surface area contributed by atoms with Gasteiger partial charge in [0.1, 0.15) is 5.75 Å². The normalized spacial score (nSPS) is 18.3. The molecule has 2 N–H and O–H groups in total. The zero-order valence-electron chi connectivity index (χ0n) is 14.7. The second-order valence-electron chi connectivity index (χ2n) is 7.01. The van der Waals surface area contributed by atoms with Crippen LogP contribution >= 0.6 is 0 Å². The molecule has 0 radical (unpaired) electrons. The van der Waals surface area contributed by atoms with E-state index in [1.807, 2.05) is 23.1 Å². The third-order valence-electron chi connectivity index (χ3n) is 4.40. The Hall–Kier alpha value is -1.71. The molecule has 1 aliphatic rings. The molecule has 2 rings (SSSR count). The van der Waals surface area contributed by atoms with Crippen LogP contribution in [0.2, 0.25) is 0 Å². The van der Waals surface area contributed by atoms with Crippen molar-refractivity contribution in [3.63, 3.8) is 0 Å². The van der Waals surface area contributed by atoms with Crippen LogP contribution in [-0.2, 0) is 11.2 Å². The highest BCUT2D eigenvalue weighted by molar-refractivity contribution is 5.77. The van der Waals surface area contributed by atoms with Crippen molar-refractivity contribution in [2.45, 2.75) is 58.9 Å². The number of amides is 1. The minimum absolute atomic E-state index is 0.260. The van der Waals surface area contributed by atoms with Gasteiger partial charge in [-0.15, -0.1) is 0 Å². The van der Waals surface area contributed by atoms with Crippen LogP contribution in [0.1, 0.15) is 52.0 Å². The van der Waals surface area contributed by atoms with Gasteiger partial charge in [0.25, 0.3) is 0 Å². The molecule has 0 bridgehead atoms. The molecule has 0 spiro atoms. The number of nitrogens with two attached hydrogens (primary N) is 1. The number of benzene rings is 1. The maximum absolute atomic E-state index is 12.4. The van der Waals surface area contributed by atoms with Crippen LogP contribution < -0.4 is 10.5 Å². The van der Waals surface area contributed by atoms with E-state index in [4.69, 9.17) is 10.5 Å². The van der Waals surface area contributed by atoms with Gasteiger partial charge in [0, 0.05) is 19.0 Å². The maximum atomic E-state index is 12.4. The van der Waals surface area contributed by atoms with Crippen molar-refractivity contribution in [1.29, 1.82) is 0 Å². The van der Waals surface area contributed by atoms with Gasteiger partial charge in [-0.3, -0.25) is 4.79 Å². The van der Waals surface area contributed by atoms with Gasteiger partial charge in [-0.2, -0.15) is 0 Å². The van der Waals surface area contributed by atoms with Crippen molar-refractivity contribution < 1.29 is 9.53 Å². The summed E-state index contributed by atoms with van der Waals surface area (Å²) in [5.41, 5.74) is 7.81. The van der Waals surface area contributed by atoms with Crippen LogP contribution in [0.4, 0.5) is 5.69 Å². The lowest BCUT2D eigenvalue weighted by Crippen LogP contribution is -2.42. The van der Waals surface area contributed by atoms with Gasteiger partial charge >= 0.3 is 0 Å². The van der Waals surface area contributed by atoms with E-state index < -0.39 is 0 Å². The molecule has 1 heterocycles. The number of ether oxygens (including phenoxy) is 1. The molecule has 1 aromatic rings. The van der Waals surface area contributed by atoms with Gasteiger partial charge in [-0.1, -0.05) is 19.9 Å². The Morgan fingerprint density at radius 3 is 2.83 bits per heavy atom. The first kappa shape index (κ1) is 17.6.